The number of aryl methyl sites for hydroxylation is 1. The molecule has 1 aliphatic rings. The molecule has 1 N–H and O–H groups in total. The predicted octanol–water partition coefficient (Wildman–Crippen LogP) is 3.83. The van der Waals surface area contributed by atoms with Gasteiger partial charge in [0, 0.05) is 43.6 Å². The molecule has 1 amide bonds. The lowest BCUT2D eigenvalue weighted by Crippen LogP contribution is -2.48. The summed E-state index contributed by atoms with van der Waals surface area (Å²) >= 11 is 1.15. The van der Waals surface area contributed by atoms with Crippen molar-refractivity contribution in [2.24, 2.45) is 0 Å². The maximum Gasteiger partial charge on any atom is 0.265 e. The molecule has 0 bridgehead atoms. The molecule has 1 aromatic heterocycles. The number of amides is 1. The van der Waals surface area contributed by atoms with Crippen molar-refractivity contribution in [1.82, 2.24) is 4.90 Å². The number of nitrogens with zero attached hydrogens (tertiary/aromatic N) is 2. The molecule has 0 spiro atoms. The van der Waals surface area contributed by atoms with Crippen molar-refractivity contribution in [3.8, 4) is 5.75 Å². The minimum atomic E-state index is -3.87. The summed E-state index contributed by atoms with van der Waals surface area (Å²) in [6.07, 6.45) is 0. The van der Waals surface area contributed by atoms with Crippen LogP contribution < -0.4 is 14.4 Å². The minimum absolute atomic E-state index is 0.0169. The molecular weight excluding hydrogens is 446 g/mol. The molecule has 9 heteroatoms. The summed E-state index contributed by atoms with van der Waals surface area (Å²) in [7, 11) is -2.24. The number of rotatable bonds is 6. The SMILES string of the molecule is COc1cccc(N2CCN(C(=O)c3sccc3S(=O)(=O)Nc3ccc(C)cc3)CC2)c1. The molecule has 1 fully saturated rings. The van der Waals surface area contributed by atoms with E-state index in [2.05, 4.69) is 9.62 Å². The molecule has 0 aliphatic carbocycles. The zero-order valence-corrected chi connectivity index (χ0v) is 19.6. The summed E-state index contributed by atoms with van der Waals surface area (Å²) in [5.41, 5.74) is 2.54. The van der Waals surface area contributed by atoms with E-state index in [0.29, 0.717) is 31.9 Å². The molecule has 4 rings (SSSR count). The Kier molecular flexibility index (Phi) is 6.38. The number of hydrogen-bond acceptors (Lipinski definition) is 6. The highest BCUT2D eigenvalue weighted by Gasteiger charge is 2.29. The molecule has 0 saturated carbocycles. The smallest absolute Gasteiger partial charge is 0.265 e. The molecule has 1 saturated heterocycles. The summed E-state index contributed by atoms with van der Waals surface area (Å²) < 4.78 is 33.8. The lowest BCUT2D eigenvalue weighted by atomic mass is 10.2. The first kappa shape index (κ1) is 22.2. The van der Waals surface area contributed by atoms with E-state index in [4.69, 9.17) is 4.74 Å². The molecule has 0 unspecified atom stereocenters. The Bertz CT molecular complexity index is 1200. The molecule has 3 aromatic rings. The van der Waals surface area contributed by atoms with Gasteiger partial charge in [-0.3, -0.25) is 9.52 Å². The number of piperazine rings is 1. The van der Waals surface area contributed by atoms with Crippen LogP contribution in [0.2, 0.25) is 0 Å². The van der Waals surface area contributed by atoms with E-state index in [0.717, 1.165) is 28.3 Å². The van der Waals surface area contributed by atoms with E-state index >= 15 is 0 Å². The third kappa shape index (κ3) is 4.73. The highest BCUT2D eigenvalue weighted by atomic mass is 32.2. The van der Waals surface area contributed by atoms with Gasteiger partial charge in [0.05, 0.1) is 7.11 Å². The molecule has 2 aromatic carbocycles. The molecular formula is C23H25N3O4S2. The van der Waals surface area contributed by atoms with Gasteiger partial charge in [0.2, 0.25) is 0 Å². The van der Waals surface area contributed by atoms with Crippen molar-refractivity contribution < 1.29 is 17.9 Å². The van der Waals surface area contributed by atoms with Gasteiger partial charge in [-0.15, -0.1) is 11.3 Å². The third-order valence-electron chi connectivity index (χ3n) is 5.40. The van der Waals surface area contributed by atoms with Crippen molar-refractivity contribution in [1.29, 1.82) is 0 Å². The van der Waals surface area contributed by atoms with Crippen LogP contribution in [0.1, 0.15) is 15.2 Å². The van der Waals surface area contributed by atoms with Crippen LogP contribution in [0.25, 0.3) is 0 Å². The molecule has 32 heavy (non-hydrogen) atoms. The lowest BCUT2D eigenvalue weighted by molar-refractivity contribution is 0.0748. The second-order valence-electron chi connectivity index (χ2n) is 7.57. The summed E-state index contributed by atoms with van der Waals surface area (Å²) in [5.74, 6) is 0.532. The second-order valence-corrected chi connectivity index (χ2v) is 10.1. The van der Waals surface area contributed by atoms with Crippen LogP contribution in [0.5, 0.6) is 5.75 Å². The quantitative estimate of drug-likeness (QED) is 0.591. The van der Waals surface area contributed by atoms with Gasteiger partial charge in [-0.05, 0) is 42.6 Å². The summed E-state index contributed by atoms with van der Waals surface area (Å²) in [5, 5.41) is 1.64. The Morgan fingerprint density at radius 2 is 1.75 bits per heavy atom. The topological polar surface area (TPSA) is 79.0 Å². The fraction of sp³-hybridized carbons (Fsp3) is 0.261. The van der Waals surface area contributed by atoms with E-state index in [1.54, 1.807) is 29.5 Å². The first-order chi connectivity index (χ1) is 15.4. The molecule has 1 aliphatic heterocycles. The van der Waals surface area contributed by atoms with Crippen LogP contribution >= 0.6 is 11.3 Å². The van der Waals surface area contributed by atoms with Crippen molar-refractivity contribution in [3.05, 3.63) is 70.4 Å². The first-order valence-electron chi connectivity index (χ1n) is 10.2. The van der Waals surface area contributed by atoms with Gasteiger partial charge in [0.15, 0.2) is 0 Å². The molecule has 0 radical (unpaired) electrons. The van der Waals surface area contributed by atoms with E-state index in [1.807, 2.05) is 43.3 Å². The Balaban J connectivity index is 1.46. The fourth-order valence-electron chi connectivity index (χ4n) is 3.62. The maximum absolute atomic E-state index is 13.2. The Hall–Kier alpha value is -3.04. The maximum atomic E-state index is 13.2. The Morgan fingerprint density at radius 3 is 2.44 bits per heavy atom. The molecule has 7 nitrogen and oxygen atoms in total. The molecule has 0 atom stereocenters. The zero-order chi connectivity index (χ0) is 22.7. The zero-order valence-electron chi connectivity index (χ0n) is 17.9. The first-order valence-corrected chi connectivity index (χ1v) is 12.6. The van der Waals surface area contributed by atoms with Gasteiger partial charge in [-0.25, -0.2) is 8.42 Å². The Labute approximate surface area is 192 Å². The molecule has 2 heterocycles. The normalized spacial score (nSPS) is 14.3. The van der Waals surface area contributed by atoms with Crippen LogP contribution in [0.3, 0.4) is 0 Å². The van der Waals surface area contributed by atoms with Crippen LogP contribution in [0, 0.1) is 6.92 Å². The fourth-order valence-corrected chi connectivity index (χ4v) is 6.06. The van der Waals surface area contributed by atoms with Crippen molar-refractivity contribution in [3.63, 3.8) is 0 Å². The summed E-state index contributed by atoms with van der Waals surface area (Å²) in [4.78, 5) is 17.3. The van der Waals surface area contributed by atoms with Crippen LogP contribution in [0.4, 0.5) is 11.4 Å². The van der Waals surface area contributed by atoms with Crippen LogP contribution in [-0.2, 0) is 10.0 Å². The monoisotopic (exact) mass is 471 g/mol. The van der Waals surface area contributed by atoms with Crippen molar-refractivity contribution >= 4 is 38.6 Å². The third-order valence-corrected chi connectivity index (χ3v) is 7.86. The number of hydrogen-bond donors (Lipinski definition) is 1. The number of carbonyl (C=O) groups excluding carboxylic acids is 1. The van der Waals surface area contributed by atoms with Gasteiger partial charge >= 0.3 is 0 Å². The largest absolute Gasteiger partial charge is 0.497 e. The summed E-state index contributed by atoms with van der Waals surface area (Å²) in [6, 6.07) is 16.4. The van der Waals surface area contributed by atoms with E-state index in [-0.39, 0.29) is 15.7 Å². The standard InChI is InChI=1S/C23H25N3O4S2/c1-17-6-8-18(9-7-17)24-32(28,29)21-10-15-31-22(21)23(27)26-13-11-25(12-14-26)19-4-3-5-20(16-19)30-2/h3-10,15-16,24H,11-14H2,1-2H3. The van der Waals surface area contributed by atoms with Crippen molar-refractivity contribution in [2.75, 3.05) is 42.9 Å². The van der Waals surface area contributed by atoms with Gasteiger partial charge in [0.25, 0.3) is 15.9 Å². The number of sulfonamides is 1. The Morgan fingerprint density at radius 1 is 1.03 bits per heavy atom. The second kappa shape index (κ2) is 9.22. The number of benzene rings is 2. The molecule has 168 valence electrons. The van der Waals surface area contributed by atoms with Crippen LogP contribution in [-0.4, -0.2) is 52.5 Å². The number of carbonyl (C=O) groups is 1. The highest BCUT2D eigenvalue weighted by molar-refractivity contribution is 7.93. The number of methoxy groups -OCH3 is 1. The van der Waals surface area contributed by atoms with Gasteiger partial charge in [0.1, 0.15) is 15.5 Å². The minimum Gasteiger partial charge on any atom is -0.497 e. The lowest BCUT2D eigenvalue weighted by Gasteiger charge is -2.36. The van der Waals surface area contributed by atoms with Gasteiger partial charge in [-0.1, -0.05) is 23.8 Å². The van der Waals surface area contributed by atoms with Crippen LogP contribution in [0.15, 0.2) is 64.9 Å². The van der Waals surface area contributed by atoms with E-state index in [9.17, 15) is 13.2 Å². The number of nitrogens with one attached hydrogen (secondary N) is 1. The highest BCUT2D eigenvalue weighted by Crippen LogP contribution is 2.27. The average molecular weight is 472 g/mol. The number of ether oxygens (including phenoxy) is 1. The predicted molar refractivity (Wildman–Crippen MR) is 127 cm³/mol. The number of anilines is 2. The van der Waals surface area contributed by atoms with Gasteiger partial charge < -0.3 is 14.5 Å². The van der Waals surface area contributed by atoms with E-state index in [1.165, 1.54) is 6.07 Å². The summed E-state index contributed by atoms with van der Waals surface area (Å²) in [6.45, 7) is 4.28. The average Bonchev–Trinajstić information content (AvgIpc) is 3.31. The van der Waals surface area contributed by atoms with Gasteiger partial charge in [-0.2, -0.15) is 0 Å². The van der Waals surface area contributed by atoms with Crippen molar-refractivity contribution in [2.45, 2.75) is 11.8 Å². The number of thiophene rings is 1. The van der Waals surface area contributed by atoms with E-state index < -0.39 is 10.0 Å².